The van der Waals surface area contributed by atoms with Gasteiger partial charge in [-0.25, -0.2) is 4.79 Å². The number of carbonyl (C=O) groups excluding carboxylic acids is 1. The Kier molecular flexibility index (Phi) is 5.34. The summed E-state index contributed by atoms with van der Waals surface area (Å²) in [6.07, 6.45) is 1.68. The summed E-state index contributed by atoms with van der Waals surface area (Å²) in [5, 5.41) is 0. The molecule has 7 nitrogen and oxygen atoms in total. The van der Waals surface area contributed by atoms with E-state index in [0.29, 0.717) is 44.3 Å². The molecule has 0 aromatic carbocycles. The molecule has 27 heavy (non-hydrogen) atoms. The predicted octanol–water partition coefficient (Wildman–Crippen LogP) is 1.24. The molecule has 7 heteroatoms. The average Bonchev–Trinajstić information content (AvgIpc) is 2.92. The lowest BCUT2D eigenvalue weighted by Crippen LogP contribution is -2.47. The number of aryl methyl sites for hydroxylation is 1. The van der Waals surface area contributed by atoms with Crippen molar-refractivity contribution in [2.45, 2.75) is 31.7 Å². The molecule has 4 rings (SSSR count). The number of rotatable bonds is 2. The monoisotopic (exact) mass is 376 g/mol. The van der Waals surface area contributed by atoms with Gasteiger partial charge >= 0.3 is 5.63 Å². The molecule has 148 valence electrons. The van der Waals surface area contributed by atoms with Gasteiger partial charge in [0.05, 0.1) is 19.3 Å². The molecular weight excluding hydrogens is 348 g/mol. The number of amides is 1. The van der Waals surface area contributed by atoms with Crippen molar-refractivity contribution in [1.82, 2.24) is 9.80 Å². The second-order valence-corrected chi connectivity index (χ2v) is 8.12. The number of ether oxygens (including phenoxy) is 2. The molecule has 2 bridgehead atoms. The first-order chi connectivity index (χ1) is 13.0. The van der Waals surface area contributed by atoms with Gasteiger partial charge in [0, 0.05) is 44.7 Å². The van der Waals surface area contributed by atoms with Crippen LogP contribution in [0.2, 0.25) is 0 Å². The van der Waals surface area contributed by atoms with E-state index in [1.165, 1.54) is 0 Å². The zero-order chi connectivity index (χ0) is 19.0. The highest BCUT2D eigenvalue weighted by Crippen LogP contribution is 2.28. The van der Waals surface area contributed by atoms with Gasteiger partial charge in [-0.15, -0.1) is 0 Å². The largest absolute Gasteiger partial charge is 0.427 e. The van der Waals surface area contributed by atoms with E-state index in [9.17, 15) is 9.59 Å². The summed E-state index contributed by atoms with van der Waals surface area (Å²) in [7, 11) is 2.07. The van der Waals surface area contributed by atoms with Crippen LogP contribution in [0.4, 0.5) is 0 Å². The minimum absolute atomic E-state index is 0.0380. The van der Waals surface area contributed by atoms with E-state index in [4.69, 9.17) is 13.9 Å². The lowest BCUT2D eigenvalue weighted by atomic mass is 9.95. The summed E-state index contributed by atoms with van der Waals surface area (Å²) in [6.45, 7) is 6.63. The van der Waals surface area contributed by atoms with Gasteiger partial charge < -0.3 is 23.7 Å². The number of nitrogens with zero attached hydrogens (tertiary/aromatic N) is 2. The quantitative estimate of drug-likeness (QED) is 0.774. The number of hydrogen-bond donors (Lipinski definition) is 0. The third kappa shape index (κ3) is 3.81. The highest BCUT2D eigenvalue weighted by Gasteiger charge is 2.37. The summed E-state index contributed by atoms with van der Waals surface area (Å²) in [6, 6.07) is 1.83. The maximum atomic E-state index is 13.3. The fourth-order valence-electron chi connectivity index (χ4n) is 4.54. The van der Waals surface area contributed by atoms with Gasteiger partial charge in [0.2, 0.25) is 0 Å². The summed E-state index contributed by atoms with van der Waals surface area (Å²) in [4.78, 5) is 30.1. The van der Waals surface area contributed by atoms with Crippen molar-refractivity contribution in [3.05, 3.63) is 33.4 Å². The highest BCUT2D eigenvalue weighted by molar-refractivity contribution is 5.95. The summed E-state index contributed by atoms with van der Waals surface area (Å²) in [5.41, 5.74) is 0.348. The Labute approximate surface area is 159 Å². The molecule has 4 heterocycles. The van der Waals surface area contributed by atoms with Crippen LogP contribution in [0.15, 0.2) is 15.3 Å². The SMILES string of the molecule is Cc1cc(C2CCOCC2)oc(=O)c1C(=O)N1C[C@H]2COC[C@@H]1CN(C)C2. The van der Waals surface area contributed by atoms with Gasteiger partial charge in [0.25, 0.3) is 5.91 Å². The van der Waals surface area contributed by atoms with Crippen LogP contribution in [-0.4, -0.2) is 74.9 Å². The highest BCUT2D eigenvalue weighted by atomic mass is 16.5. The van der Waals surface area contributed by atoms with E-state index >= 15 is 0 Å². The minimum Gasteiger partial charge on any atom is -0.427 e. The molecule has 3 aliphatic heterocycles. The first kappa shape index (κ1) is 18.7. The Bertz CT molecular complexity index is 755. The molecule has 0 spiro atoms. The fraction of sp³-hybridized carbons (Fsp3) is 0.700. The Morgan fingerprint density at radius 2 is 1.89 bits per heavy atom. The van der Waals surface area contributed by atoms with E-state index in [1.54, 1.807) is 0 Å². The van der Waals surface area contributed by atoms with Gasteiger partial charge in [-0.1, -0.05) is 0 Å². The standard InChI is InChI=1S/C20H28N2O5/c1-13-7-17(15-3-5-25-6-4-15)27-20(24)18(13)19(23)22-9-14-8-21(2)10-16(22)12-26-11-14/h7,14-16H,3-6,8-12H2,1-2H3/t14-,16-/m0/s1. The first-order valence-electron chi connectivity index (χ1n) is 9.82. The number of fused-ring (bicyclic) bond motifs is 3. The van der Waals surface area contributed by atoms with Crippen molar-refractivity contribution in [3.63, 3.8) is 0 Å². The normalized spacial score (nSPS) is 27.4. The van der Waals surface area contributed by atoms with E-state index in [-0.39, 0.29) is 29.3 Å². The zero-order valence-corrected chi connectivity index (χ0v) is 16.1. The molecule has 0 N–H and O–H groups in total. The second kappa shape index (κ2) is 7.73. The van der Waals surface area contributed by atoms with Crippen molar-refractivity contribution in [1.29, 1.82) is 0 Å². The van der Waals surface area contributed by atoms with Crippen LogP contribution in [0.25, 0.3) is 0 Å². The van der Waals surface area contributed by atoms with Crippen LogP contribution < -0.4 is 5.63 Å². The molecule has 1 aromatic rings. The third-order valence-electron chi connectivity index (χ3n) is 5.92. The van der Waals surface area contributed by atoms with Crippen molar-refractivity contribution in [2.75, 3.05) is 53.1 Å². The van der Waals surface area contributed by atoms with Gasteiger partial charge in [0.1, 0.15) is 11.3 Å². The molecule has 0 radical (unpaired) electrons. The van der Waals surface area contributed by atoms with Crippen LogP contribution in [0.3, 0.4) is 0 Å². The lowest BCUT2D eigenvalue weighted by Gasteiger charge is -2.30. The van der Waals surface area contributed by atoms with Gasteiger partial charge in [-0.3, -0.25) is 4.79 Å². The van der Waals surface area contributed by atoms with Crippen molar-refractivity contribution < 1.29 is 18.7 Å². The van der Waals surface area contributed by atoms with Crippen LogP contribution >= 0.6 is 0 Å². The smallest absolute Gasteiger partial charge is 0.349 e. The maximum Gasteiger partial charge on any atom is 0.349 e. The molecule has 3 fully saturated rings. The molecule has 1 amide bonds. The Morgan fingerprint density at radius 1 is 1.11 bits per heavy atom. The number of likely N-dealkylation sites (N-methyl/N-ethyl adjacent to an activating group) is 1. The summed E-state index contributed by atoms with van der Waals surface area (Å²) in [5.74, 6) is 0.902. The van der Waals surface area contributed by atoms with Gasteiger partial charge in [-0.2, -0.15) is 0 Å². The van der Waals surface area contributed by atoms with E-state index in [1.807, 2.05) is 17.9 Å². The molecule has 3 aliphatic rings. The van der Waals surface area contributed by atoms with Crippen molar-refractivity contribution in [2.24, 2.45) is 5.92 Å². The van der Waals surface area contributed by atoms with Crippen molar-refractivity contribution in [3.8, 4) is 0 Å². The zero-order valence-electron chi connectivity index (χ0n) is 16.1. The average molecular weight is 376 g/mol. The summed E-state index contributed by atoms with van der Waals surface area (Å²) >= 11 is 0. The van der Waals surface area contributed by atoms with E-state index < -0.39 is 5.63 Å². The van der Waals surface area contributed by atoms with Gasteiger partial charge in [-0.05, 0) is 38.4 Å². The predicted molar refractivity (Wildman–Crippen MR) is 99.1 cm³/mol. The minimum atomic E-state index is -0.519. The Hall–Kier alpha value is -1.70. The molecule has 1 aromatic heterocycles. The summed E-state index contributed by atoms with van der Waals surface area (Å²) < 4.78 is 16.7. The van der Waals surface area contributed by atoms with Crippen LogP contribution in [0.1, 0.15) is 40.4 Å². The van der Waals surface area contributed by atoms with E-state index in [2.05, 4.69) is 11.9 Å². The maximum absolute atomic E-state index is 13.3. The Balaban J connectivity index is 1.62. The molecule has 3 saturated heterocycles. The second-order valence-electron chi connectivity index (χ2n) is 8.12. The van der Waals surface area contributed by atoms with Crippen LogP contribution in [-0.2, 0) is 9.47 Å². The topological polar surface area (TPSA) is 72.2 Å². The molecule has 0 unspecified atom stereocenters. The molecule has 2 atom stereocenters. The molecule has 0 saturated carbocycles. The fourth-order valence-corrected chi connectivity index (χ4v) is 4.54. The van der Waals surface area contributed by atoms with Crippen LogP contribution in [0.5, 0.6) is 0 Å². The number of hydrogen-bond acceptors (Lipinski definition) is 6. The van der Waals surface area contributed by atoms with Crippen molar-refractivity contribution >= 4 is 5.91 Å². The lowest BCUT2D eigenvalue weighted by molar-refractivity contribution is 0.0479. The Morgan fingerprint density at radius 3 is 2.63 bits per heavy atom. The number of carbonyl (C=O) groups is 1. The first-order valence-corrected chi connectivity index (χ1v) is 9.82. The third-order valence-corrected chi connectivity index (χ3v) is 5.92. The molecule has 0 aliphatic carbocycles. The van der Waals surface area contributed by atoms with Crippen LogP contribution in [0, 0.1) is 12.8 Å². The van der Waals surface area contributed by atoms with Gasteiger partial charge in [0.15, 0.2) is 0 Å². The molecular formula is C20H28N2O5. The van der Waals surface area contributed by atoms with E-state index in [0.717, 1.165) is 25.9 Å².